The quantitative estimate of drug-likeness (QED) is 0.531. The molecule has 1 aliphatic heterocycles. The third-order valence-electron chi connectivity index (χ3n) is 2.75. The molecule has 2 aromatic rings. The SMILES string of the molecule is N=c1c[n+](N2CCN([n+]3cc(=O)o[nH]3)CC2)[n-]o1. The molecule has 3 rings (SSSR count). The van der Waals surface area contributed by atoms with Crippen molar-refractivity contribution in [2.45, 2.75) is 0 Å². The Bertz CT molecular complexity index is 573. The largest absolute Gasteiger partial charge is 0.430 e. The van der Waals surface area contributed by atoms with E-state index in [1.165, 1.54) is 22.0 Å². The normalized spacial score (nSPS) is 16.2. The lowest BCUT2D eigenvalue weighted by Crippen LogP contribution is -2.72. The molecule has 0 bridgehead atoms. The summed E-state index contributed by atoms with van der Waals surface area (Å²) in [4.78, 5) is 14.0. The van der Waals surface area contributed by atoms with Gasteiger partial charge < -0.3 is 4.52 Å². The average molecular weight is 254 g/mol. The molecule has 0 saturated carbocycles. The molecule has 0 unspecified atom stereocenters. The van der Waals surface area contributed by atoms with E-state index in [2.05, 4.69) is 19.6 Å². The number of aromatic amines is 1. The Morgan fingerprint density at radius 2 is 2.00 bits per heavy atom. The molecule has 0 amide bonds. The van der Waals surface area contributed by atoms with Crippen LogP contribution in [0.1, 0.15) is 0 Å². The minimum absolute atomic E-state index is 0.0194. The summed E-state index contributed by atoms with van der Waals surface area (Å²) in [5, 5.41) is 17.4. The van der Waals surface area contributed by atoms with E-state index >= 15 is 0 Å². The van der Waals surface area contributed by atoms with E-state index in [1.54, 1.807) is 0 Å². The molecule has 0 spiro atoms. The topological polar surface area (TPSA) is 111 Å². The summed E-state index contributed by atoms with van der Waals surface area (Å²) < 4.78 is 9.29. The number of piperazine rings is 1. The van der Waals surface area contributed by atoms with Gasteiger partial charge in [-0.3, -0.25) is 14.9 Å². The van der Waals surface area contributed by atoms with E-state index in [-0.39, 0.29) is 5.55 Å². The smallest absolute Gasteiger partial charge is 0.380 e. The molecule has 18 heavy (non-hydrogen) atoms. The van der Waals surface area contributed by atoms with Gasteiger partial charge in [-0.25, -0.2) is 4.79 Å². The number of hydrogen-bond acceptors (Lipinski definition) is 6. The number of rotatable bonds is 2. The summed E-state index contributed by atoms with van der Waals surface area (Å²) in [6.07, 6.45) is 2.85. The fourth-order valence-corrected chi connectivity index (χ4v) is 1.86. The van der Waals surface area contributed by atoms with Crippen LogP contribution in [0.4, 0.5) is 0 Å². The van der Waals surface area contributed by atoms with Crippen LogP contribution >= 0.6 is 0 Å². The van der Waals surface area contributed by atoms with E-state index in [9.17, 15) is 4.79 Å². The third kappa shape index (κ3) is 1.87. The van der Waals surface area contributed by atoms with Crippen LogP contribution in [0.5, 0.6) is 0 Å². The minimum Gasteiger partial charge on any atom is -0.380 e. The van der Waals surface area contributed by atoms with Gasteiger partial charge in [0.15, 0.2) is 0 Å². The minimum atomic E-state index is -0.415. The van der Waals surface area contributed by atoms with E-state index in [0.717, 1.165) is 0 Å². The Hall–Kier alpha value is -2.52. The Kier molecular flexibility index (Phi) is 2.39. The monoisotopic (exact) mass is 254 g/mol. The molecule has 1 fully saturated rings. The number of H-pyrrole nitrogens is 1. The fraction of sp³-hybridized carbons (Fsp3) is 0.500. The van der Waals surface area contributed by atoms with E-state index in [1.807, 2.05) is 10.0 Å². The molecule has 0 radical (unpaired) electrons. The highest BCUT2D eigenvalue weighted by Gasteiger charge is 2.24. The van der Waals surface area contributed by atoms with Crippen LogP contribution in [0.15, 0.2) is 26.2 Å². The summed E-state index contributed by atoms with van der Waals surface area (Å²) in [6, 6.07) is 0. The zero-order valence-electron chi connectivity index (χ0n) is 9.44. The lowest BCUT2D eigenvalue weighted by atomic mass is 10.4. The first-order chi connectivity index (χ1) is 8.72. The predicted molar refractivity (Wildman–Crippen MR) is 53.5 cm³/mol. The lowest BCUT2D eigenvalue weighted by molar-refractivity contribution is -0.776. The van der Waals surface area contributed by atoms with Crippen LogP contribution in [0, 0.1) is 5.41 Å². The van der Waals surface area contributed by atoms with E-state index in [0.29, 0.717) is 26.2 Å². The molecule has 1 saturated heterocycles. The standard InChI is InChI=1S/C8H11N7O3/c9-7-5-14(10-17-7)12-1-3-13(4-2-12)15-6-8(16)18-11-15/h5-6,9H,1-4H2/p+1. The number of nitrogens with one attached hydrogen (secondary N) is 2. The Morgan fingerprint density at radius 1 is 1.28 bits per heavy atom. The molecule has 2 N–H and O–H groups in total. The van der Waals surface area contributed by atoms with Crippen molar-refractivity contribution in [3.8, 4) is 0 Å². The second-order valence-corrected chi connectivity index (χ2v) is 3.88. The molecule has 0 atom stereocenters. The molecule has 0 aliphatic carbocycles. The molecule has 0 aromatic carbocycles. The van der Waals surface area contributed by atoms with Crippen molar-refractivity contribution in [1.82, 2.24) is 10.5 Å². The zero-order chi connectivity index (χ0) is 12.5. The summed E-state index contributed by atoms with van der Waals surface area (Å²) in [7, 11) is 0. The van der Waals surface area contributed by atoms with Gasteiger partial charge in [-0.2, -0.15) is 5.01 Å². The van der Waals surface area contributed by atoms with Crippen LogP contribution in [0.3, 0.4) is 0 Å². The number of aromatic nitrogens is 4. The molecule has 1 aliphatic rings. The fourth-order valence-electron chi connectivity index (χ4n) is 1.86. The highest BCUT2D eigenvalue weighted by molar-refractivity contribution is 4.88. The predicted octanol–water partition coefficient (Wildman–Crippen LogP) is -3.84. The maximum Gasteiger partial charge on any atom is 0.430 e. The Balaban J connectivity index is 1.68. The third-order valence-corrected chi connectivity index (χ3v) is 2.75. The van der Waals surface area contributed by atoms with Gasteiger partial charge >= 0.3 is 11.8 Å². The highest BCUT2D eigenvalue weighted by atomic mass is 16.5. The summed E-state index contributed by atoms with van der Waals surface area (Å²) in [6.45, 7) is 2.76. The lowest BCUT2D eigenvalue weighted by Gasteiger charge is -2.30. The van der Waals surface area contributed by atoms with Gasteiger partial charge in [0.1, 0.15) is 0 Å². The van der Waals surface area contributed by atoms with Gasteiger partial charge in [0.2, 0.25) is 0 Å². The van der Waals surface area contributed by atoms with Gasteiger partial charge in [0.05, 0.1) is 13.1 Å². The van der Waals surface area contributed by atoms with Crippen LogP contribution in [0.25, 0.3) is 0 Å². The highest BCUT2D eigenvalue weighted by Crippen LogP contribution is 1.89. The Morgan fingerprint density at radius 3 is 2.56 bits per heavy atom. The summed E-state index contributed by atoms with van der Waals surface area (Å²) >= 11 is 0. The van der Waals surface area contributed by atoms with Gasteiger partial charge in [0, 0.05) is 23.2 Å². The summed E-state index contributed by atoms with van der Waals surface area (Å²) in [5.74, 6) is 0. The molecule has 96 valence electrons. The first kappa shape index (κ1) is 10.6. The van der Waals surface area contributed by atoms with Crippen LogP contribution in [-0.2, 0) is 0 Å². The second-order valence-electron chi connectivity index (χ2n) is 3.88. The van der Waals surface area contributed by atoms with Gasteiger partial charge in [0.25, 0.3) is 11.8 Å². The average Bonchev–Trinajstić information content (AvgIpc) is 2.98. The zero-order valence-corrected chi connectivity index (χ0v) is 9.44. The van der Waals surface area contributed by atoms with Crippen molar-refractivity contribution in [3.63, 3.8) is 0 Å². The van der Waals surface area contributed by atoms with Crippen molar-refractivity contribution in [2.75, 3.05) is 36.2 Å². The van der Waals surface area contributed by atoms with E-state index < -0.39 is 5.63 Å². The van der Waals surface area contributed by atoms with Crippen molar-refractivity contribution >= 4 is 0 Å². The number of hydrogen-bond donors (Lipinski definition) is 2. The molecule has 10 nitrogen and oxygen atoms in total. The first-order valence-electron chi connectivity index (χ1n) is 5.43. The van der Waals surface area contributed by atoms with Crippen molar-refractivity contribution in [3.05, 3.63) is 28.4 Å². The van der Waals surface area contributed by atoms with Gasteiger partial charge in [-0.15, -0.1) is 0 Å². The number of nitrogens with zero attached hydrogens (tertiary/aromatic N) is 5. The molecular formula is C8H12N7O3+. The Labute approximate surface area is 100.0 Å². The molecular weight excluding hydrogens is 242 g/mol. The van der Waals surface area contributed by atoms with E-state index in [4.69, 9.17) is 5.41 Å². The van der Waals surface area contributed by atoms with Crippen LogP contribution in [-0.4, -0.2) is 31.5 Å². The molecule has 2 aromatic heterocycles. The van der Waals surface area contributed by atoms with Crippen molar-refractivity contribution in [2.24, 2.45) is 0 Å². The second kappa shape index (κ2) is 4.05. The molecule has 3 heterocycles. The maximum atomic E-state index is 10.9. The first-order valence-corrected chi connectivity index (χ1v) is 5.43. The maximum absolute atomic E-state index is 10.9. The van der Waals surface area contributed by atoms with Crippen molar-refractivity contribution in [1.29, 1.82) is 5.41 Å². The van der Waals surface area contributed by atoms with Gasteiger partial charge in [-0.1, -0.05) is 4.79 Å². The summed E-state index contributed by atoms with van der Waals surface area (Å²) in [5.41, 5.74) is -0.395. The molecule has 10 heteroatoms. The van der Waals surface area contributed by atoms with Crippen molar-refractivity contribution < 1.29 is 18.6 Å². The van der Waals surface area contributed by atoms with Crippen LogP contribution in [0.2, 0.25) is 0 Å². The van der Waals surface area contributed by atoms with Crippen LogP contribution < -0.4 is 36.1 Å². The van der Waals surface area contributed by atoms with Gasteiger partial charge in [-0.05, 0) is 5.27 Å².